The number of hydrogen-bond acceptors (Lipinski definition) is 4. The van der Waals surface area contributed by atoms with Crippen LogP contribution in [0.15, 0.2) is 72.9 Å². The summed E-state index contributed by atoms with van der Waals surface area (Å²) in [7, 11) is 0. The molecular formula is C28H30FN3O3. The van der Waals surface area contributed by atoms with Gasteiger partial charge in [-0.05, 0) is 50.1 Å². The Morgan fingerprint density at radius 3 is 2.54 bits per heavy atom. The number of carbonyl (C=O) groups excluding carboxylic acids is 2. The van der Waals surface area contributed by atoms with Crippen LogP contribution in [0.25, 0.3) is 0 Å². The highest BCUT2D eigenvalue weighted by atomic mass is 19.1. The Kier molecular flexibility index (Phi) is 8.08. The van der Waals surface area contributed by atoms with E-state index < -0.39 is 23.7 Å². The van der Waals surface area contributed by atoms with Crippen molar-refractivity contribution in [3.63, 3.8) is 0 Å². The molecule has 1 aromatic heterocycles. The topological polar surface area (TPSA) is 71.5 Å². The molecule has 3 aromatic rings. The number of rotatable bonds is 8. The summed E-state index contributed by atoms with van der Waals surface area (Å²) in [5, 5.41) is 3.09. The molecule has 2 amide bonds. The average molecular weight is 476 g/mol. The predicted molar refractivity (Wildman–Crippen MR) is 133 cm³/mol. The molecule has 1 unspecified atom stereocenters. The van der Waals surface area contributed by atoms with Crippen LogP contribution in [0.5, 0.6) is 5.75 Å². The van der Waals surface area contributed by atoms with Crippen LogP contribution in [0.2, 0.25) is 0 Å². The zero-order valence-corrected chi connectivity index (χ0v) is 19.8. The van der Waals surface area contributed by atoms with E-state index in [0.717, 1.165) is 32.1 Å². The minimum atomic E-state index is -1.23. The lowest BCUT2D eigenvalue weighted by molar-refractivity contribution is -0.123. The van der Waals surface area contributed by atoms with Crippen LogP contribution in [0.3, 0.4) is 0 Å². The van der Waals surface area contributed by atoms with Gasteiger partial charge < -0.3 is 10.1 Å². The highest BCUT2D eigenvalue weighted by Crippen LogP contribution is 2.33. The second kappa shape index (κ2) is 11.6. The van der Waals surface area contributed by atoms with Crippen LogP contribution in [0.1, 0.15) is 61.1 Å². The fraction of sp³-hybridized carbons (Fsp3) is 0.321. The molecule has 7 heteroatoms. The third kappa shape index (κ3) is 5.85. The van der Waals surface area contributed by atoms with Crippen LogP contribution in [-0.2, 0) is 4.79 Å². The van der Waals surface area contributed by atoms with Crippen LogP contribution in [0, 0.1) is 5.82 Å². The molecule has 0 bridgehead atoms. The van der Waals surface area contributed by atoms with Gasteiger partial charge in [-0.15, -0.1) is 0 Å². The molecule has 1 atom stereocenters. The van der Waals surface area contributed by atoms with E-state index in [1.807, 2.05) is 6.92 Å². The van der Waals surface area contributed by atoms with Crippen LogP contribution >= 0.6 is 0 Å². The molecule has 2 aromatic carbocycles. The van der Waals surface area contributed by atoms with Gasteiger partial charge in [0.15, 0.2) is 0 Å². The van der Waals surface area contributed by atoms with Gasteiger partial charge in [-0.1, -0.05) is 49.6 Å². The largest absolute Gasteiger partial charge is 0.494 e. The summed E-state index contributed by atoms with van der Waals surface area (Å²) >= 11 is 0. The number of aromatic nitrogens is 1. The molecule has 1 aliphatic rings. The lowest BCUT2D eigenvalue weighted by atomic mass is 9.94. The molecule has 1 fully saturated rings. The molecule has 182 valence electrons. The van der Waals surface area contributed by atoms with Crippen molar-refractivity contribution in [2.24, 2.45) is 0 Å². The van der Waals surface area contributed by atoms with Crippen molar-refractivity contribution in [3.8, 4) is 5.75 Å². The van der Waals surface area contributed by atoms with Crippen molar-refractivity contribution in [1.82, 2.24) is 10.3 Å². The minimum absolute atomic E-state index is 0.00733. The summed E-state index contributed by atoms with van der Waals surface area (Å²) < 4.78 is 20.8. The number of anilines is 1. The van der Waals surface area contributed by atoms with Gasteiger partial charge in [0, 0.05) is 29.6 Å². The van der Waals surface area contributed by atoms with Crippen molar-refractivity contribution < 1.29 is 18.7 Å². The van der Waals surface area contributed by atoms with E-state index in [2.05, 4.69) is 10.3 Å². The highest BCUT2D eigenvalue weighted by Gasteiger charge is 2.36. The van der Waals surface area contributed by atoms with E-state index in [-0.39, 0.29) is 17.3 Å². The molecule has 1 heterocycles. The van der Waals surface area contributed by atoms with Gasteiger partial charge in [0.05, 0.1) is 6.61 Å². The zero-order valence-electron chi connectivity index (χ0n) is 19.8. The summed E-state index contributed by atoms with van der Waals surface area (Å²) in [5.74, 6) is -0.945. The number of carbonyl (C=O) groups is 2. The predicted octanol–water partition coefficient (Wildman–Crippen LogP) is 5.46. The molecular weight excluding hydrogens is 445 g/mol. The van der Waals surface area contributed by atoms with Crippen LogP contribution < -0.4 is 15.0 Å². The van der Waals surface area contributed by atoms with Gasteiger partial charge in [-0.2, -0.15) is 0 Å². The van der Waals surface area contributed by atoms with Gasteiger partial charge in [0.25, 0.3) is 5.91 Å². The van der Waals surface area contributed by atoms with E-state index in [1.165, 1.54) is 17.2 Å². The Morgan fingerprint density at radius 2 is 1.83 bits per heavy atom. The smallest absolute Gasteiger partial charge is 0.277 e. The summed E-state index contributed by atoms with van der Waals surface area (Å²) in [5.41, 5.74) is 0.687. The standard InChI is InChI=1S/C28H30FN3O3/c1-2-35-22-14-10-13-21(19-22)32(28(34)25-17-8-9-18-30-25)26(23-15-6-7-16-24(23)29)27(33)31-20-11-4-3-5-12-20/h6-10,13-20,26H,2-5,11-12H2,1H3,(H,31,33). The molecule has 0 spiro atoms. The van der Waals surface area contributed by atoms with Crippen molar-refractivity contribution in [2.75, 3.05) is 11.5 Å². The maximum absolute atomic E-state index is 15.2. The van der Waals surface area contributed by atoms with Crippen molar-refractivity contribution >= 4 is 17.5 Å². The average Bonchev–Trinajstić information content (AvgIpc) is 2.89. The Hall–Kier alpha value is -3.74. The number of ether oxygens (including phenoxy) is 1. The first kappa shape index (κ1) is 24.4. The number of nitrogens with zero attached hydrogens (tertiary/aromatic N) is 2. The monoisotopic (exact) mass is 475 g/mol. The SMILES string of the molecule is CCOc1cccc(N(C(=O)c2ccccn2)C(C(=O)NC2CCCCC2)c2ccccc2F)c1. The highest BCUT2D eigenvalue weighted by molar-refractivity contribution is 6.09. The summed E-state index contributed by atoms with van der Waals surface area (Å²) in [6.07, 6.45) is 6.44. The number of amides is 2. The normalized spacial score (nSPS) is 14.7. The first-order chi connectivity index (χ1) is 17.1. The summed E-state index contributed by atoms with van der Waals surface area (Å²) in [6, 6.07) is 16.8. The first-order valence-corrected chi connectivity index (χ1v) is 12.1. The quantitative estimate of drug-likeness (QED) is 0.470. The summed E-state index contributed by atoms with van der Waals surface area (Å²) in [6.45, 7) is 2.31. The molecule has 1 aliphatic carbocycles. The van der Waals surface area contributed by atoms with Crippen molar-refractivity contribution in [1.29, 1.82) is 0 Å². The first-order valence-electron chi connectivity index (χ1n) is 12.1. The number of pyridine rings is 1. The molecule has 0 saturated heterocycles. The van der Waals surface area contributed by atoms with E-state index in [1.54, 1.807) is 60.7 Å². The number of nitrogens with one attached hydrogen (secondary N) is 1. The molecule has 35 heavy (non-hydrogen) atoms. The van der Waals surface area contributed by atoms with E-state index in [9.17, 15) is 9.59 Å². The van der Waals surface area contributed by atoms with Gasteiger partial charge >= 0.3 is 0 Å². The number of hydrogen-bond donors (Lipinski definition) is 1. The second-order valence-electron chi connectivity index (χ2n) is 8.59. The Morgan fingerprint density at radius 1 is 1.06 bits per heavy atom. The van der Waals surface area contributed by atoms with Crippen LogP contribution in [0.4, 0.5) is 10.1 Å². The molecule has 0 aliphatic heterocycles. The Labute approximate surface area is 205 Å². The third-order valence-electron chi connectivity index (χ3n) is 6.17. The molecule has 1 saturated carbocycles. The maximum Gasteiger partial charge on any atom is 0.277 e. The zero-order chi connectivity index (χ0) is 24.6. The van der Waals surface area contributed by atoms with E-state index >= 15 is 4.39 Å². The second-order valence-corrected chi connectivity index (χ2v) is 8.59. The van der Waals surface area contributed by atoms with Crippen LogP contribution in [-0.4, -0.2) is 29.4 Å². The third-order valence-corrected chi connectivity index (χ3v) is 6.17. The lowest BCUT2D eigenvalue weighted by Crippen LogP contribution is -2.47. The number of halogens is 1. The minimum Gasteiger partial charge on any atom is -0.494 e. The Balaban J connectivity index is 1.83. The van der Waals surface area contributed by atoms with Gasteiger partial charge in [0.1, 0.15) is 23.3 Å². The van der Waals surface area contributed by atoms with Gasteiger partial charge in [0.2, 0.25) is 5.91 Å². The molecule has 1 N–H and O–H groups in total. The molecule has 0 radical (unpaired) electrons. The number of benzene rings is 2. The fourth-order valence-electron chi connectivity index (χ4n) is 4.51. The molecule has 6 nitrogen and oxygen atoms in total. The fourth-order valence-corrected chi connectivity index (χ4v) is 4.51. The maximum atomic E-state index is 15.2. The van der Waals surface area contributed by atoms with E-state index in [0.29, 0.717) is 18.0 Å². The van der Waals surface area contributed by atoms with E-state index in [4.69, 9.17) is 4.74 Å². The lowest BCUT2D eigenvalue weighted by Gasteiger charge is -2.33. The van der Waals surface area contributed by atoms with Crippen molar-refractivity contribution in [3.05, 3.63) is 90.0 Å². The van der Waals surface area contributed by atoms with Crippen molar-refractivity contribution in [2.45, 2.75) is 51.1 Å². The summed E-state index contributed by atoms with van der Waals surface area (Å²) in [4.78, 5) is 33.2. The molecule has 4 rings (SSSR count). The van der Waals surface area contributed by atoms with Gasteiger partial charge in [-0.3, -0.25) is 19.5 Å². The van der Waals surface area contributed by atoms with Gasteiger partial charge in [-0.25, -0.2) is 4.39 Å². The Bertz CT molecular complexity index is 1150.